The summed E-state index contributed by atoms with van der Waals surface area (Å²) in [6.45, 7) is 3.02. The fraction of sp³-hybridized carbons (Fsp3) is 0.769. The minimum Gasteiger partial charge on any atom is -0.395 e. The van der Waals surface area contributed by atoms with Crippen LogP contribution in [0.1, 0.15) is 44.3 Å². The highest BCUT2D eigenvalue weighted by atomic mass is 16.3. The molecule has 0 radical (unpaired) electrons. The van der Waals surface area contributed by atoms with Crippen molar-refractivity contribution in [3.8, 4) is 0 Å². The molecule has 4 heteroatoms. The molecule has 0 bridgehead atoms. The van der Waals surface area contributed by atoms with Crippen molar-refractivity contribution in [1.82, 2.24) is 14.7 Å². The highest BCUT2D eigenvalue weighted by molar-refractivity contribution is 5.00. The predicted octanol–water partition coefficient (Wildman–Crippen LogP) is 1.81. The molecule has 0 aromatic carbocycles. The number of hydrogen-bond donors (Lipinski definition) is 1. The van der Waals surface area contributed by atoms with E-state index in [1.54, 1.807) is 0 Å². The van der Waals surface area contributed by atoms with E-state index in [4.69, 9.17) is 5.11 Å². The van der Waals surface area contributed by atoms with Crippen LogP contribution in [-0.4, -0.2) is 39.5 Å². The molecule has 1 saturated carbocycles. The number of aliphatic hydroxyl groups is 1. The molecule has 0 amide bonds. The number of likely N-dealkylation sites (N-methyl/N-ethyl adjacent to an activating group) is 1. The molecule has 0 aliphatic heterocycles. The van der Waals surface area contributed by atoms with E-state index < -0.39 is 0 Å². The molecule has 2 rings (SSSR count). The molecule has 0 spiro atoms. The first-order valence-electron chi connectivity index (χ1n) is 6.56. The molecule has 1 N–H and O–H groups in total. The molecule has 96 valence electrons. The van der Waals surface area contributed by atoms with Crippen molar-refractivity contribution in [2.75, 3.05) is 13.7 Å². The first-order valence-corrected chi connectivity index (χ1v) is 6.56. The first kappa shape index (κ1) is 12.6. The Balaban J connectivity index is 1.93. The molecule has 1 atom stereocenters. The Bertz CT molecular complexity index is 344. The lowest BCUT2D eigenvalue weighted by molar-refractivity contribution is 0.152. The summed E-state index contributed by atoms with van der Waals surface area (Å²) in [7, 11) is 2.02. The Hall–Kier alpha value is -0.870. The molecular formula is C13H23N3O. The van der Waals surface area contributed by atoms with Gasteiger partial charge in [0.2, 0.25) is 0 Å². The standard InChI is InChI=1S/C13H23N3O/c1-11(10-17)15(2)9-12-7-8-16(14-12)13-5-3-4-6-13/h7-8,11,13,17H,3-6,9-10H2,1-2H3. The minimum absolute atomic E-state index is 0.187. The maximum Gasteiger partial charge on any atom is 0.0764 e. The SMILES string of the molecule is CC(CO)N(C)Cc1ccn(C2CCCC2)n1. The molecule has 1 aliphatic rings. The molecule has 0 saturated heterocycles. The Morgan fingerprint density at radius 3 is 2.88 bits per heavy atom. The molecule has 4 nitrogen and oxygen atoms in total. The molecule has 1 aromatic heterocycles. The second-order valence-corrected chi connectivity index (χ2v) is 5.17. The number of aromatic nitrogens is 2. The molecule has 1 fully saturated rings. The third-order valence-electron chi connectivity index (χ3n) is 3.79. The predicted molar refractivity (Wildman–Crippen MR) is 67.7 cm³/mol. The zero-order valence-electron chi connectivity index (χ0n) is 10.8. The largest absolute Gasteiger partial charge is 0.395 e. The van der Waals surface area contributed by atoms with Crippen molar-refractivity contribution in [3.63, 3.8) is 0 Å². The van der Waals surface area contributed by atoms with Crippen LogP contribution in [-0.2, 0) is 6.54 Å². The van der Waals surface area contributed by atoms with Gasteiger partial charge < -0.3 is 5.11 Å². The molecule has 1 aromatic rings. The van der Waals surface area contributed by atoms with E-state index in [-0.39, 0.29) is 12.6 Å². The van der Waals surface area contributed by atoms with Crippen LogP contribution in [0.4, 0.5) is 0 Å². The van der Waals surface area contributed by atoms with Crippen molar-refractivity contribution >= 4 is 0 Å². The highest BCUT2D eigenvalue weighted by Crippen LogP contribution is 2.28. The van der Waals surface area contributed by atoms with Gasteiger partial charge in [-0.3, -0.25) is 9.58 Å². The van der Waals surface area contributed by atoms with E-state index in [1.807, 2.05) is 14.0 Å². The Morgan fingerprint density at radius 2 is 2.24 bits per heavy atom. The summed E-state index contributed by atoms with van der Waals surface area (Å²) in [5.41, 5.74) is 1.10. The van der Waals surface area contributed by atoms with Crippen molar-refractivity contribution in [2.24, 2.45) is 0 Å². The monoisotopic (exact) mass is 237 g/mol. The number of nitrogens with zero attached hydrogens (tertiary/aromatic N) is 3. The van der Waals surface area contributed by atoms with E-state index >= 15 is 0 Å². The lowest BCUT2D eigenvalue weighted by Gasteiger charge is -2.21. The van der Waals surface area contributed by atoms with Crippen LogP contribution in [0, 0.1) is 0 Å². The zero-order valence-corrected chi connectivity index (χ0v) is 10.8. The number of rotatable bonds is 5. The first-order chi connectivity index (χ1) is 8.20. The van der Waals surface area contributed by atoms with E-state index in [2.05, 4.69) is 26.9 Å². The second kappa shape index (κ2) is 5.65. The van der Waals surface area contributed by atoms with Gasteiger partial charge in [-0.1, -0.05) is 12.8 Å². The summed E-state index contributed by atoms with van der Waals surface area (Å²) < 4.78 is 2.12. The summed E-state index contributed by atoms with van der Waals surface area (Å²) in [5.74, 6) is 0. The summed E-state index contributed by atoms with van der Waals surface area (Å²) in [5, 5.41) is 13.7. The Morgan fingerprint density at radius 1 is 1.53 bits per heavy atom. The third kappa shape index (κ3) is 3.07. The zero-order chi connectivity index (χ0) is 12.3. The molecule has 1 unspecified atom stereocenters. The summed E-state index contributed by atoms with van der Waals surface area (Å²) >= 11 is 0. The van der Waals surface area contributed by atoms with Crippen LogP contribution in [0.3, 0.4) is 0 Å². The minimum atomic E-state index is 0.187. The Kier molecular flexibility index (Phi) is 4.18. The fourth-order valence-corrected chi connectivity index (χ4v) is 2.38. The van der Waals surface area contributed by atoms with Crippen molar-refractivity contribution in [3.05, 3.63) is 18.0 Å². The van der Waals surface area contributed by atoms with Crippen LogP contribution in [0.25, 0.3) is 0 Å². The maximum atomic E-state index is 9.09. The number of aliphatic hydroxyl groups excluding tert-OH is 1. The molecule has 17 heavy (non-hydrogen) atoms. The van der Waals surface area contributed by atoms with Crippen LogP contribution in [0.2, 0.25) is 0 Å². The lowest BCUT2D eigenvalue weighted by Crippen LogP contribution is -2.31. The summed E-state index contributed by atoms with van der Waals surface area (Å²) in [4.78, 5) is 2.13. The topological polar surface area (TPSA) is 41.3 Å². The third-order valence-corrected chi connectivity index (χ3v) is 3.79. The van der Waals surface area contributed by atoms with E-state index in [9.17, 15) is 0 Å². The van der Waals surface area contributed by atoms with Gasteiger partial charge in [-0.2, -0.15) is 5.10 Å². The second-order valence-electron chi connectivity index (χ2n) is 5.17. The average Bonchev–Trinajstić information content (AvgIpc) is 2.97. The van der Waals surface area contributed by atoms with Gasteiger partial charge in [0.25, 0.3) is 0 Å². The summed E-state index contributed by atoms with van der Waals surface area (Å²) in [6, 6.07) is 2.90. The van der Waals surface area contributed by atoms with Gasteiger partial charge in [0.15, 0.2) is 0 Å². The van der Waals surface area contributed by atoms with Crippen LogP contribution < -0.4 is 0 Å². The molecule has 1 heterocycles. The smallest absolute Gasteiger partial charge is 0.0764 e. The van der Waals surface area contributed by atoms with E-state index in [0.717, 1.165) is 12.2 Å². The van der Waals surface area contributed by atoms with Crippen LogP contribution in [0.15, 0.2) is 12.3 Å². The van der Waals surface area contributed by atoms with Crippen molar-refractivity contribution in [1.29, 1.82) is 0 Å². The van der Waals surface area contributed by atoms with Gasteiger partial charge >= 0.3 is 0 Å². The van der Waals surface area contributed by atoms with Gasteiger partial charge in [-0.15, -0.1) is 0 Å². The Labute approximate surface area is 103 Å². The average molecular weight is 237 g/mol. The lowest BCUT2D eigenvalue weighted by atomic mass is 10.3. The van der Waals surface area contributed by atoms with E-state index in [0.29, 0.717) is 6.04 Å². The van der Waals surface area contributed by atoms with Crippen LogP contribution in [0.5, 0.6) is 0 Å². The van der Waals surface area contributed by atoms with Gasteiger partial charge in [0.1, 0.15) is 0 Å². The van der Waals surface area contributed by atoms with Gasteiger partial charge in [0.05, 0.1) is 18.3 Å². The maximum absolute atomic E-state index is 9.09. The van der Waals surface area contributed by atoms with Gasteiger partial charge in [-0.05, 0) is 32.9 Å². The van der Waals surface area contributed by atoms with Crippen LogP contribution >= 0.6 is 0 Å². The van der Waals surface area contributed by atoms with E-state index in [1.165, 1.54) is 25.7 Å². The van der Waals surface area contributed by atoms with Crippen molar-refractivity contribution < 1.29 is 5.11 Å². The summed E-state index contributed by atoms with van der Waals surface area (Å²) in [6.07, 6.45) is 7.30. The van der Waals surface area contributed by atoms with Gasteiger partial charge in [-0.25, -0.2) is 0 Å². The fourth-order valence-electron chi connectivity index (χ4n) is 2.38. The highest BCUT2D eigenvalue weighted by Gasteiger charge is 2.18. The number of hydrogen-bond acceptors (Lipinski definition) is 3. The van der Waals surface area contributed by atoms with Gasteiger partial charge in [0, 0.05) is 18.8 Å². The quantitative estimate of drug-likeness (QED) is 0.849. The van der Waals surface area contributed by atoms with Crippen molar-refractivity contribution in [2.45, 2.75) is 51.2 Å². The molecule has 1 aliphatic carbocycles. The normalized spacial score (nSPS) is 19.1. The molecular weight excluding hydrogens is 214 g/mol.